The quantitative estimate of drug-likeness (QED) is 0.504. The minimum absolute atomic E-state index is 0.232. The average Bonchev–Trinajstić information content (AvgIpc) is 2.28. The second-order valence-electron chi connectivity index (χ2n) is 2.94. The van der Waals surface area contributed by atoms with Gasteiger partial charge in [0.05, 0.1) is 5.88 Å². The van der Waals surface area contributed by atoms with Crippen molar-refractivity contribution in [3.63, 3.8) is 0 Å². The van der Waals surface area contributed by atoms with Crippen LogP contribution in [0.5, 0.6) is 0 Å². The Labute approximate surface area is 96.6 Å². The van der Waals surface area contributed by atoms with Crippen LogP contribution in [-0.2, 0) is 4.79 Å². The predicted octanol–water partition coefficient (Wildman–Crippen LogP) is 2.17. The minimum atomic E-state index is -2.08. The number of alkyl halides is 2. The molecule has 15 heavy (non-hydrogen) atoms. The molecule has 1 unspecified atom stereocenters. The summed E-state index contributed by atoms with van der Waals surface area (Å²) in [6, 6.07) is 7.96. The number of Topliss-reactive ketones (excluding diaryl/α,β-unsaturated/α-hetero) is 1. The zero-order valence-corrected chi connectivity index (χ0v) is 9.13. The van der Waals surface area contributed by atoms with Crippen molar-refractivity contribution in [1.82, 2.24) is 0 Å². The van der Waals surface area contributed by atoms with Crippen molar-refractivity contribution in [3.8, 4) is 0 Å². The van der Waals surface area contributed by atoms with Gasteiger partial charge >= 0.3 is 5.97 Å². The second-order valence-corrected chi connectivity index (χ2v) is 3.85. The molecule has 0 saturated carbocycles. The average molecular weight is 247 g/mol. The lowest BCUT2D eigenvalue weighted by Gasteiger charge is -2.17. The Hall–Kier alpha value is -1.06. The molecule has 0 aliphatic carbocycles. The summed E-state index contributed by atoms with van der Waals surface area (Å²) in [5.74, 6) is -2.61. The molecule has 1 aromatic carbocycles. The SMILES string of the molecule is O=C(O)C(Cl)(CCl)C(=O)c1ccccc1. The second kappa shape index (κ2) is 4.64. The Morgan fingerprint density at radius 3 is 2.20 bits per heavy atom. The van der Waals surface area contributed by atoms with Crippen molar-refractivity contribution in [2.45, 2.75) is 4.87 Å². The first-order valence-corrected chi connectivity index (χ1v) is 5.01. The van der Waals surface area contributed by atoms with E-state index in [1.165, 1.54) is 12.1 Å². The van der Waals surface area contributed by atoms with E-state index in [1.54, 1.807) is 18.2 Å². The van der Waals surface area contributed by atoms with E-state index < -0.39 is 22.5 Å². The molecule has 5 heteroatoms. The van der Waals surface area contributed by atoms with Gasteiger partial charge in [0, 0.05) is 5.56 Å². The van der Waals surface area contributed by atoms with Gasteiger partial charge in [0.1, 0.15) is 0 Å². The fourth-order valence-electron chi connectivity index (χ4n) is 1.03. The van der Waals surface area contributed by atoms with Crippen LogP contribution < -0.4 is 0 Å². The molecule has 1 N–H and O–H groups in total. The molecule has 0 heterocycles. The van der Waals surface area contributed by atoms with Gasteiger partial charge in [0.2, 0.25) is 4.87 Å². The van der Waals surface area contributed by atoms with E-state index in [2.05, 4.69) is 0 Å². The first-order chi connectivity index (χ1) is 7.02. The summed E-state index contributed by atoms with van der Waals surface area (Å²) >= 11 is 11.1. The normalized spacial score (nSPS) is 14.3. The van der Waals surface area contributed by atoms with Crippen molar-refractivity contribution in [2.24, 2.45) is 0 Å². The highest BCUT2D eigenvalue weighted by Gasteiger charge is 2.43. The lowest BCUT2D eigenvalue weighted by atomic mass is 9.98. The van der Waals surface area contributed by atoms with Gasteiger partial charge in [-0.15, -0.1) is 11.6 Å². The first kappa shape index (κ1) is 12.0. The Balaban J connectivity index is 3.08. The molecule has 80 valence electrons. The fraction of sp³-hybridized carbons (Fsp3) is 0.200. The van der Waals surface area contributed by atoms with E-state index in [-0.39, 0.29) is 5.56 Å². The van der Waals surface area contributed by atoms with Crippen LogP contribution in [0.15, 0.2) is 30.3 Å². The van der Waals surface area contributed by atoms with Crippen molar-refractivity contribution in [3.05, 3.63) is 35.9 Å². The summed E-state index contributed by atoms with van der Waals surface area (Å²) < 4.78 is 0. The van der Waals surface area contributed by atoms with Crippen molar-refractivity contribution in [1.29, 1.82) is 0 Å². The van der Waals surface area contributed by atoms with Crippen LogP contribution in [0.4, 0.5) is 0 Å². The Morgan fingerprint density at radius 2 is 1.80 bits per heavy atom. The molecular formula is C10H8Cl2O3. The summed E-state index contributed by atoms with van der Waals surface area (Å²) in [4.78, 5) is 20.5. The number of carboxylic acid groups (broad SMARTS) is 1. The van der Waals surface area contributed by atoms with Crippen molar-refractivity contribution in [2.75, 3.05) is 5.88 Å². The van der Waals surface area contributed by atoms with Gasteiger partial charge < -0.3 is 5.11 Å². The molecule has 0 amide bonds. The van der Waals surface area contributed by atoms with E-state index in [0.29, 0.717) is 0 Å². The van der Waals surface area contributed by atoms with Gasteiger partial charge in [-0.3, -0.25) is 4.79 Å². The molecular weight excluding hydrogens is 239 g/mol. The van der Waals surface area contributed by atoms with Crippen LogP contribution in [0, 0.1) is 0 Å². The summed E-state index contributed by atoms with van der Waals surface area (Å²) in [5, 5.41) is 8.83. The van der Waals surface area contributed by atoms with Gasteiger partial charge in [-0.05, 0) is 0 Å². The van der Waals surface area contributed by atoms with E-state index in [9.17, 15) is 9.59 Å². The Morgan fingerprint density at radius 1 is 1.27 bits per heavy atom. The molecule has 1 atom stereocenters. The third-order valence-electron chi connectivity index (χ3n) is 1.92. The topological polar surface area (TPSA) is 54.4 Å². The van der Waals surface area contributed by atoms with Crippen molar-refractivity contribution < 1.29 is 14.7 Å². The van der Waals surface area contributed by atoms with E-state index in [1.807, 2.05) is 0 Å². The zero-order valence-electron chi connectivity index (χ0n) is 7.61. The van der Waals surface area contributed by atoms with Gasteiger partial charge in [-0.25, -0.2) is 4.79 Å². The third kappa shape index (κ3) is 2.30. The highest BCUT2D eigenvalue weighted by atomic mass is 35.5. The van der Waals surface area contributed by atoms with Crippen LogP contribution >= 0.6 is 23.2 Å². The van der Waals surface area contributed by atoms with Gasteiger partial charge in [0.15, 0.2) is 5.78 Å². The number of hydrogen-bond donors (Lipinski definition) is 1. The number of halogens is 2. The Kier molecular flexibility index (Phi) is 3.72. The molecule has 3 nitrogen and oxygen atoms in total. The Bertz CT molecular complexity index is 378. The molecule has 0 saturated heterocycles. The number of aliphatic carboxylic acids is 1. The van der Waals surface area contributed by atoms with Crippen LogP contribution in [0.25, 0.3) is 0 Å². The number of carboxylic acids is 1. The summed E-state index contributed by atoms with van der Waals surface area (Å²) in [7, 11) is 0. The lowest BCUT2D eigenvalue weighted by Crippen LogP contribution is -2.43. The van der Waals surface area contributed by atoms with Crippen LogP contribution in [-0.4, -0.2) is 27.6 Å². The number of carbonyl (C=O) groups excluding carboxylic acids is 1. The molecule has 0 aliphatic rings. The van der Waals surface area contributed by atoms with Crippen LogP contribution in [0.3, 0.4) is 0 Å². The fourth-order valence-corrected chi connectivity index (χ4v) is 1.38. The number of rotatable bonds is 4. The molecule has 0 fully saturated rings. The number of hydrogen-bond acceptors (Lipinski definition) is 2. The van der Waals surface area contributed by atoms with Gasteiger partial charge in [-0.2, -0.15) is 0 Å². The number of ketones is 1. The maximum absolute atomic E-state index is 11.7. The standard InChI is InChI=1S/C10H8Cl2O3/c11-6-10(12,9(14)15)8(13)7-4-2-1-3-5-7/h1-5H,6H2,(H,14,15). The molecule has 1 aromatic rings. The molecule has 0 bridgehead atoms. The number of benzene rings is 1. The molecule has 0 spiro atoms. The number of carbonyl (C=O) groups is 2. The zero-order chi connectivity index (χ0) is 11.5. The molecule has 0 radical (unpaired) electrons. The molecule has 1 rings (SSSR count). The molecule has 0 aromatic heterocycles. The van der Waals surface area contributed by atoms with E-state index in [0.717, 1.165) is 0 Å². The summed E-state index contributed by atoms with van der Waals surface area (Å²) in [6.45, 7) is 0. The predicted molar refractivity (Wildman–Crippen MR) is 57.7 cm³/mol. The van der Waals surface area contributed by atoms with Crippen molar-refractivity contribution >= 4 is 35.0 Å². The minimum Gasteiger partial charge on any atom is -0.480 e. The smallest absolute Gasteiger partial charge is 0.334 e. The summed E-state index contributed by atoms with van der Waals surface area (Å²) in [6.07, 6.45) is 0. The highest BCUT2D eigenvalue weighted by Crippen LogP contribution is 2.23. The first-order valence-electron chi connectivity index (χ1n) is 4.10. The highest BCUT2D eigenvalue weighted by molar-refractivity contribution is 6.51. The lowest BCUT2D eigenvalue weighted by molar-refractivity contribution is -0.138. The monoisotopic (exact) mass is 246 g/mol. The largest absolute Gasteiger partial charge is 0.480 e. The van der Waals surface area contributed by atoms with Gasteiger partial charge in [0.25, 0.3) is 0 Å². The van der Waals surface area contributed by atoms with E-state index >= 15 is 0 Å². The third-order valence-corrected chi connectivity index (χ3v) is 2.92. The maximum Gasteiger partial charge on any atom is 0.334 e. The molecule has 0 aliphatic heterocycles. The maximum atomic E-state index is 11.7. The van der Waals surface area contributed by atoms with E-state index in [4.69, 9.17) is 28.3 Å². The summed E-state index contributed by atoms with van der Waals surface area (Å²) in [5.41, 5.74) is 0.232. The van der Waals surface area contributed by atoms with Crippen LogP contribution in [0.1, 0.15) is 10.4 Å². The van der Waals surface area contributed by atoms with Gasteiger partial charge in [-0.1, -0.05) is 41.9 Å². The van der Waals surface area contributed by atoms with Crippen LogP contribution in [0.2, 0.25) is 0 Å².